The van der Waals surface area contributed by atoms with Gasteiger partial charge in [0, 0.05) is 35.1 Å². The van der Waals surface area contributed by atoms with Crippen molar-refractivity contribution in [1.82, 2.24) is 4.90 Å². The van der Waals surface area contributed by atoms with Gasteiger partial charge in [0.05, 0.1) is 26.2 Å². The second-order valence-corrected chi connectivity index (χ2v) is 7.54. The smallest absolute Gasteiger partial charge is 0.322 e. The Bertz CT molecular complexity index is 719. The number of hydrogen-bond acceptors (Lipinski definition) is 1. The first kappa shape index (κ1) is 19.0. The lowest BCUT2D eigenvalue weighted by molar-refractivity contribution is -0.897. The van der Waals surface area contributed by atoms with E-state index >= 15 is 0 Å². The molecule has 1 saturated heterocycles. The van der Waals surface area contributed by atoms with Crippen LogP contribution in [-0.2, 0) is 6.42 Å². The standard InChI is InChI=1S/C20H23Cl2N3O/c21-17-13-18(22)15-19(14-17)23-20(26)25-9-4-8-24(11-12-25)10-7-16-5-2-1-3-6-16/h1-3,5-6,13-15H,4,7-12H2,(H,23,26)/p+1. The first-order valence-corrected chi connectivity index (χ1v) is 9.75. The summed E-state index contributed by atoms with van der Waals surface area (Å²) in [5, 5.41) is 3.93. The van der Waals surface area contributed by atoms with Crippen LogP contribution in [0, 0.1) is 0 Å². The van der Waals surface area contributed by atoms with Crippen LogP contribution < -0.4 is 10.2 Å². The Hall–Kier alpha value is -1.75. The largest absolute Gasteiger partial charge is 0.333 e. The molecule has 2 aromatic rings. The molecule has 0 saturated carbocycles. The van der Waals surface area contributed by atoms with E-state index in [-0.39, 0.29) is 6.03 Å². The summed E-state index contributed by atoms with van der Waals surface area (Å²) < 4.78 is 0. The number of amides is 2. The normalized spacial score (nSPS) is 17.6. The van der Waals surface area contributed by atoms with Crippen LogP contribution in [0.5, 0.6) is 0 Å². The quantitative estimate of drug-likeness (QED) is 0.821. The Kier molecular flexibility index (Phi) is 6.78. The lowest BCUT2D eigenvalue weighted by atomic mass is 10.1. The van der Waals surface area contributed by atoms with E-state index in [1.54, 1.807) is 23.1 Å². The zero-order valence-corrected chi connectivity index (χ0v) is 16.2. The fraction of sp³-hybridized carbons (Fsp3) is 0.350. The third-order valence-electron chi connectivity index (χ3n) is 4.70. The number of anilines is 1. The third-order valence-corrected chi connectivity index (χ3v) is 5.14. The second-order valence-electron chi connectivity index (χ2n) is 6.66. The van der Waals surface area contributed by atoms with E-state index in [4.69, 9.17) is 23.2 Å². The molecule has 4 nitrogen and oxygen atoms in total. The molecule has 1 heterocycles. The van der Waals surface area contributed by atoms with Crippen LogP contribution >= 0.6 is 23.2 Å². The van der Waals surface area contributed by atoms with Gasteiger partial charge in [-0.05, 0) is 23.8 Å². The molecule has 0 aliphatic carbocycles. The van der Waals surface area contributed by atoms with E-state index < -0.39 is 0 Å². The van der Waals surface area contributed by atoms with Gasteiger partial charge in [-0.15, -0.1) is 0 Å². The molecule has 2 amide bonds. The molecule has 138 valence electrons. The van der Waals surface area contributed by atoms with Gasteiger partial charge in [0.15, 0.2) is 0 Å². The minimum absolute atomic E-state index is 0.0901. The van der Waals surface area contributed by atoms with Crippen LogP contribution in [0.1, 0.15) is 12.0 Å². The van der Waals surface area contributed by atoms with Crippen LogP contribution in [0.15, 0.2) is 48.5 Å². The van der Waals surface area contributed by atoms with Crippen molar-refractivity contribution in [3.8, 4) is 0 Å². The van der Waals surface area contributed by atoms with Crippen LogP contribution in [0.25, 0.3) is 0 Å². The molecule has 0 spiro atoms. The Morgan fingerprint density at radius 2 is 1.77 bits per heavy atom. The zero-order valence-electron chi connectivity index (χ0n) is 14.7. The fourth-order valence-corrected chi connectivity index (χ4v) is 3.82. The van der Waals surface area contributed by atoms with Gasteiger partial charge >= 0.3 is 6.03 Å². The number of nitrogens with one attached hydrogen (secondary N) is 2. The van der Waals surface area contributed by atoms with Gasteiger partial charge < -0.3 is 15.1 Å². The predicted molar refractivity (Wildman–Crippen MR) is 107 cm³/mol. The highest BCUT2D eigenvalue weighted by Crippen LogP contribution is 2.22. The topological polar surface area (TPSA) is 36.8 Å². The summed E-state index contributed by atoms with van der Waals surface area (Å²) in [5.74, 6) is 0. The van der Waals surface area contributed by atoms with Crippen molar-refractivity contribution in [2.75, 3.05) is 38.0 Å². The summed E-state index contributed by atoms with van der Waals surface area (Å²) in [7, 11) is 0. The lowest BCUT2D eigenvalue weighted by Crippen LogP contribution is -3.12. The summed E-state index contributed by atoms with van der Waals surface area (Å²) in [6.45, 7) is 4.69. The van der Waals surface area contributed by atoms with Gasteiger partial charge in [-0.1, -0.05) is 53.5 Å². The van der Waals surface area contributed by atoms with Crippen molar-refractivity contribution in [2.24, 2.45) is 0 Å². The Balaban J connectivity index is 1.50. The van der Waals surface area contributed by atoms with E-state index in [0.29, 0.717) is 15.7 Å². The predicted octanol–water partition coefficient (Wildman–Crippen LogP) is 3.36. The number of hydrogen-bond donors (Lipinski definition) is 2. The van der Waals surface area contributed by atoms with Gasteiger partial charge in [0.1, 0.15) is 0 Å². The highest BCUT2D eigenvalue weighted by atomic mass is 35.5. The number of halogens is 2. The molecule has 0 aromatic heterocycles. The molecule has 26 heavy (non-hydrogen) atoms. The van der Waals surface area contributed by atoms with E-state index in [9.17, 15) is 4.79 Å². The van der Waals surface area contributed by atoms with E-state index in [0.717, 1.165) is 45.6 Å². The highest BCUT2D eigenvalue weighted by Gasteiger charge is 2.21. The van der Waals surface area contributed by atoms with Gasteiger partial charge in [0.25, 0.3) is 0 Å². The van der Waals surface area contributed by atoms with E-state index in [1.165, 1.54) is 5.56 Å². The maximum atomic E-state index is 12.5. The third kappa shape index (κ3) is 5.63. The van der Waals surface area contributed by atoms with Crippen molar-refractivity contribution >= 4 is 34.9 Å². The number of benzene rings is 2. The molecule has 1 fully saturated rings. The minimum Gasteiger partial charge on any atom is -0.333 e. The lowest BCUT2D eigenvalue weighted by Gasteiger charge is -2.21. The van der Waals surface area contributed by atoms with E-state index in [2.05, 4.69) is 29.6 Å². The summed E-state index contributed by atoms with van der Waals surface area (Å²) in [6.07, 6.45) is 2.08. The van der Waals surface area contributed by atoms with Crippen molar-refractivity contribution in [3.63, 3.8) is 0 Å². The molecular formula is C20H24Cl2N3O+. The Morgan fingerprint density at radius 1 is 1.04 bits per heavy atom. The van der Waals surface area contributed by atoms with Crippen LogP contribution in [-0.4, -0.2) is 43.7 Å². The number of quaternary nitrogens is 1. The summed E-state index contributed by atoms with van der Waals surface area (Å²) in [5.41, 5.74) is 2.00. The number of carbonyl (C=O) groups is 1. The maximum Gasteiger partial charge on any atom is 0.322 e. The molecule has 1 unspecified atom stereocenters. The molecule has 1 aliphatic rings. The van der Waals surface area contributed by atoms with Gasteiger partial charge in [-0.25, -0.2) is 4.79 Å². The first-order chi connectivity index (χ1) is 12.6. The highest BCUT2D eigenvalue weighted by molar-refractivity contribution is 6.35. The average molecular weight is 393 g/mol. The molecule has 0 bridgehead atoms. The number of carbonyl (C=O) groups excluding carboxylic acids is 1. The molecular weight excluding hydrogens is 369 g/mol. The maximum absolute atomic E-state index is 12.5. The SMILES string of the molecule is O=C(Nc1cc(Cl)cc(Cl)c1)N1CCC[NH+](CCc2ccccc2)CC1. The summed E-state index contributed by atoms with van der Waals surface area (Å²) >= 11 is 12.0. The summed E-state index contributed by atoms with van der Waals surface area (Å²) in [6, 6.07) is 15.5. The monoisotopic (exact) mass is 392 g/mol. The van der Waals surface area contributed by atoms with Crippen molar-refractivity contribution in [3.05, 3.63) is 64.1 Å². The second kappa shape index (κ2) is 9.26. The van der Waals surface area contributed by atoms with Crippen molar-refractivity contribution in [2.45, 2.75) is 12.8 Å². The molecule has 1 aliphatic heterocycles. The molecule has 6 heteroatoms. The van der Waals surface area contributed by atoms with Gasteiger partial charge in [-0.2, -0.15) is 0 Å². The number of urea groups is 1. The fourth-order valence-electron chi connectivity index (χ4n) is 3.30. The molecule has 2 N–H and O–H groups in total. The Morgan fingerprint density at radius 3 is 2.50 bits per heavy atom. The first-order valence-electron chi connectivity index (χ1n) is 9.00. The number of rotatable bonds is 4. The van der Waals surface area contributed by atoms with Crippen LogP contribution in [0.4, 0.5) is 10.5 Å². The number of nitrogens with zero attached hydrogens (tertiary/aromatic N) is 1. The minimum atomic E-state index is -0.0901. The van der Waals surface area contributed by atoms with Crippen molar-refractivity contribution in [1.29, 1.82) is 0 Å². The molecule has 1 atom stereocenters. The molecule has 0 radical (unpaired) electrons. The van der Waals surface area contributed by atoms with Crippen LogP contribution in [0.2, 0.25) is 10.0 Å². The van der Waals surface area contributed by atoms with Gasteiger partial charge in [0.2, 0.25) is 0 Å². The zero-order chi connectivity index (χ0) is 18.4. The van der Waals surface area contributed by atoms with Crippen molar-refractivity contribution < 1.29 is 9.69 Å². The summed E-state index contributed by atoms with van der Waals surface area (Å²) in [4.78, 5) is 16.0. The molecule has 3 rings (SSSR count). The molecule has 2 aromatic carbocycles. The van der Waals surface area contributed by atoms with Gasteiger partial charge in [-0.3, -0.25) is 0 Å². The van der Waals surface area contributed by atoms with Crippen LogP contribution in [0.3, 0.4) is 0 Å². The average Bonchev–Trinajstić information content (AvgIpc) is 2.86. The van der Waals surface area contributed by atoms with E-state index in [1.807, 2.05) is 11.0 Å². The Labute approximate surface area is 164 Å².